The van der Waals surface area contributed by atoms with Crippen molar-refractivity contribution in [1.82, 2.24) is 10.2 Å². The number of ether oxygens (including phenoxy) is 1. The van der Waals surface area contributed by atoms with Crippen LogP contribution in [0.25, 0.3) is 0 Å². The normalized spacial score (nSPS) is 27.7. The summed E-state index contributed by atoms with van der Waals surface area (Å²) in [6.45, 7) is 5.51. The van der Waals surface area contributed by atoms with Crippen LogP contribution in [0.3, 0.4) is 0 Å². The molecule has 1 amide bonds. The number of hydrogen-bond donors (Lipinski definition) is 3. The van der Waals surface area contributed by atoms with Crippen molar-refractivity contribution in [2.75, 3.05) is 51.3 Å². The van der Waals surface area contributed by atoms with Gasteiger partial charge in [0.2, 0.25) is 0 Å². The second-order valence-corrected chi connectivity index (χ2v) is 7.78. The third-order valence-corrected chi connectivity index (χ3v) is 5.93. The summed E-state index contributed by atoms with van der Waals surface area (Å²) in [6, 6.07) is 9.07. The average molecular weight is 378 g/mol. The van der Waals surface area contributed by atoms with Crippen LogP contribution in [0, 0.1) is 11.3 Å². The molecular formula is C20H31FN4O2. The molecule has 1 heterocycles. The van der Waals surface area contributed by atoms with Gasteiger partial charge in [0.05, 0.1) is 19.3 Å². The van der Waals surface area contributed by atoms with Gasteiger partial charge in [0.1, 0.15) is 0 Å². The van der Waals surface area contributed by atoms with Crippen molar-refractivity contribution in [3.8, 4) is 0 Å². The maximum atomic E-state index is 13.5. The molecule has 0 bridgehead atoms. The molecule has 3 rings (SSSR count). The summed E-state index contributed by atoms with van der Waals surface area (Å²) in [5.74, 6) is 0.0633. The highest BCUT2D eigenvalue weighted by Gasteiger charge is 2.52. The minimum Gasteiger partial charge on any atom is -0.366 e. The van der Waals surface area contributed by atoms with Gasteiger partial charge in [-0.1, -0.05) is 25.1 Å². The van der Waals surface area contributed by atoms with E-state index >= 15 is 0 Å². The molecule has 1 aliphatic carbocycles. The van der Waals surface area contributed by atoms with E-state index < -0.39 is 18.2 Å². The summed E-state index contributed by atoms with van der Waals surface area (Å²) < 4.78 is 19.6. The maximum Gasteiger partial charge on any atom is 0.255 e. The molecule has 7 heteroatoms. The van der Waals surface area contributed by atoms with Crippen molar-refractivity contribution in [3.05, 3.63) is 30.3 Å². The van der Waals surface area contributed by atoms with Crippen molar-refractivity contribution in [1.29, 1.82) is 0 Å². The Balaban J connectivity index is 1.73. The number of nitrogens with one attached hydrogen (secondary N) is 2. The number of hydrogen-bond acceptors (Lipinski definition) is 5. The number of anilines is 1. The molecular weight excluding hydrogens is 347 g/mol. The molecule has 2 aliphatic rings. The van der Waals surface area contributed by atoms with E-state index in [0.717, 1.165) is 32.6 Å². The first kappa shape index (κ1) is 20.2. The van der Waals surface area contributed by atoms with E-state index in [2.05, 4.69) is 15.5 Å². The number of nitrogens with zero attached hydrogens (tertiary/aromatic N) is 1. The number of halogens is 1. The van der Waals surface area contributed by atoms with Gasteiger partial charge < -0.3 is 21.1 Å². The lowest BCUT2D eigenvalue weighted by molar-refractivity contribution is -0.134. The molecule has 6 nitrogen and oxygen atoms in total. The third kappa shape index (κ3) is 4.85. The molecule has 3 unspecified atom stereocenters. The van der Waals surface area contributed by atoms with Gasteiger partial charge in [0.25, 0.3) is 5.91 Å². The molecule has 1 aromatic carbocycles. The molecule has 0 aromatic heterocycles. The predicted octanol–water partition coefficient (Wildman–Crippen LogP) is 1.24. The van der Waals surface area contributed by atoms with Crippen LogP contribution in [0.1, 0.15) is 13.3 Å². The second kappa shape index (κ2) is 9.10. The van der Waals surface area contributed by atoms with Crippen LogP contribution in [0.15, 0.2) is 30.3 Å². The van der Waals surface area contributed by atoms with Gasteiger partial charge in [-0.3, -0.25) is 14.1 Å². The number of piperazine rings is 1. The van der Waals surface area contributed by atoms with Gasteiger partial charge in [0.15, 0.2) is 6.10 Å². The first-order valence-electron chi connectivity index (χ1n) is 9.78. The highest BCUT2D eigenvalue weighted by atomic mass is 19.1. The van der Waals surface area contributed by atoms with Crippen molar-refractivity contribution in [3.63, 3.8) is 0 Å². The van der Waals surface area contributed by atoms with Gasteiger partial charge in [-0.2, -0.15) is 0 Å². The molecule has 4 N–H and O–H groups in total. The summed E-state index contributed by atoms with van der Waals surface area (Å²) in [5, 5.41) is 6.24. The molecule has 0 radical (unpaired) electrons. The standard InChI is InChI=1S/C20H31FN4O2/c1-15-11-20(15,13-21)14-27-18(17(12-22)25-9-7-23-8-10-25)19(26)24-16-5-3-2-4-6-16/h2-6,15,17-18,23H,7-14,22H2,1H3,(H,24,26)/t15-,17?,18?,20?/m0/s1. The largest absolute Gasteiger partial charge is 0.366 e. The number of carbonyl (C=O) groups is 1. The van der Waals surface area contributed by atoms with Gasteiger partial charge in [0, 0.05) is 43.8 Å². The van der Waals surface area contributed by atoms with Crippen LogP contribution in [0.5, 0.6) is 0 Å². The van der Waals surface area contributed by atoms with Gasteiger partial charge >= 0.3 is 0 Å². The number of amides is 1. The van der Waals surface area contributed by atoms with Gasteiger partial charge in [-0.15, -0.1) is 0 Å². The Bertz CT molecular complexity index is 607. The molecule has 1 saturated carbocycles. The number of carbonyl (C=O) groups excluding carboxylic acids is 1. The van der Waals surface area contributed by atoms with Crippen molar-refractivity contribution in [2.45, 2.75) is 25.5 Å². The molecule has 4 atom stereocenters. The molecule has 1 aromatic rings. The quantitative estimate of drug-likeness (QED) is 0.603. The second-order valence-electron chi connectivity index (χ2n) is 7.78. The van der Waals surface area contributed by atoms with Crippen molar-refractivity contribution >= 4 is 11.6 Å². The minimum atomic E-state index is -0.732. The van der Waals surface area contributed by atoms with Crippen LogP contribution in [-0.4, -0.2) is 69.0 Å². The van der Waals surface area contributed by atoms with Crippen LogP contribution >= 0.6 is 0 Å². The number of rotatable bonds is 9. The fourth-order valence-electron chi connectivity index (χ4n) is 3.81. The van der Waals surface area contributed by atoms with Gasteiger partial charge in [-0.05, 0) is 24.5 Å². The predicted molar refractivity (Wildman–Crippen MR) is 104 cm³/mol. The van der Waals surface area contributed by atoms with E-state index in [1.807, 2.05) is 37.3 Å². The summed E-state index contributed by atoms with van der Waals surface area (Å²) in [5.41, 5.74) is 6.33. The van der Waals surface area contributed by atoms with Crippen LogP contribution in [0.4, 0.5) is 10.1 Å². The lowest BCUT2D eigenvalue weighted by Gasteiger charge is -2.38. The molecule has 0 spiro atoms. The Morgan fingerprint density at radius 1 is 1.41 bits per heavy atom. The zero-order valence-electron chi connectivity index (χ0n) is 16.0. The molecule has 150 valence electrons. The molecule has 27 heavy (non-hydrogen) atoms. The molecule has 1 aliphatic heterocycles. The number of benzene rings is 1. The Kier molecular flexibility index (Phi) is 6.81. The van der Waals surface area contributed by atoms with Crippen LogP contribution in [-0.2, 0) is 9.53 Å². The Morgan fingerprint density at radius 2 is 2.07 bits per heavy atom. The first-order chi connectivity index (χ1) is 13.1. The average Bonchev–Trinajstić information content (AvgIpc) is 3.36. The monoisotopic (exact) mass is 378 g/mol. The topological polar surface area (TPSA) is 79.6 Å². The summed E-state index contributed by atoms with van der Waals surface area (Å²) in [4.78, 5) is 15.2. The Morgan fingerprint density at radius 3 is 2.63 bits per heavy atom. The van der Waals surface area contributed by atoms with Crippen molar-refractivity contribution < 1.29 is 13.9 Å². The SMILES string of the molecule is C[C@H]1CC1(CF)COC(C(=O)Nc1ccccc1)C(CN)N1CCNCC1. The Labute approximate surface area is 160 Å². The summed E-state index contributed by atoms with van der Waals surface area (Å²) in [6.07, 6.45) is 0.0711. The molecule has 1 saturated heterocycles. The van der Waals surface area contributed by atoms with E-state index in [1.54, 1.807) is 0 Å². The van der Waals surface area contributed by atoms with Gasteiger partial charge in [-0.25, -0.2) is 0 Å². The summed E-state index contributed by atoms with van der Waals surface area (Å²) >= 11 is 0. The third-order valence-electron chi connectivity index (χ3n) is 5.93. The lowest BCUT2D eigenvalue weighted by Crippen LogP contribution is -2.58. The van der Waals surface area contributed by atoms with E-state index in [4.69, 9.17) is 10.5 Å². The van der Waals surface area contributed by atoms with E-state index in [9.17, 15) is 9.18 Å². The fraction of sp³-hybridized carbons (Fsp3) is 0.650. The van der Waals surface area contributed by atoms with Crippen molar-refractivity contribution in [2.24, 2.45) is 17.1 Å². The minimum absolute atomic E-state index is 0.225. The van der Waals surface area contributed by atoms with E-state index in [0.29, 0.717) is 12.2 Å². The van der Waals surface area contributed by atoms with E-state index in [-0.39, 0.29) is 24.5 Å². The molecule has 2 fully saturated rings. The van der Waals surface area contributed by atoms with Crippen LogP contribution in [0.2, 0.25) is 0 Å². The van der Waals surface area contributed by atoms with Crippen LogP contribution < -0.4 is 16.4 Å². The zero-order valence-corrected chi connectivity index (χ0v) is 16.0. The summed E-state index contributed by atoms with van der Waals surface area (Å²) in [7, 11) is 0. The number of para-hydroxylation sites is 1. The highest BCUT2D eigenvalue weighted by molar-refractivity contribution is 5.94. The number of nitrogens with two attached hydrogens (primary N) is 1. The first-order valence-corrected chi connectivity index (χ1v) is 9.78. The maximum absolute atomic E-state index is 13.5. The highest BCUT2D eigenvalue weighted by Crippen LogP contribution is 2.52. The number of alkyl halides is 1. The Hall–Kier alpha value is -1.54. The lowest BCUT2D eigenvalue weighted by atomic mass is 10.0. The van der Waals surface area contributed by atoms with E-state index in [1.165, 1.54) is 0 Å². The smallest absolute Gasteiger partial charge is 0.255 e. The fourth-order valence-corrected chi connectivity index (χ4v) is 3.81. The zero-order chi connectivity index (χ0) is 19.3.